The highest BCUT2D eigenvalue weighted by molar-refractivity contribution is 5.85. The highest BCUT2D eigenvalue weighted by Crippen LogP contribution is 2.43. The minimum Gasteiger partial charge on any atom is -0.299 e. The van der Waals surface area contributed by atoms with E-state index in [9.17, 15) is 57.5 Å². The Morgan fingerprint density at radius 3 is 1.05 bits per heavy atom. The van der Waals surface area contributed by atoms with Gasteiger partial charge in [0.25, 0.3) is 0 Å². The molecule has 3 aromatic carbocycles. The Hall–Kier alpha value is -3.51. The maximum Gasteiger partial charge on any atom is 0.416 e. The highest BCUT2D eigenvalue weighted by Gasteiger charge is 2.38. The first kappa shape index (κ1) is 33.0. The zero-order valence-electron chi connectivity index (χ0n) is 22.0. The van der Waals surface area contributed by atoms with E-state index in [0.717, 1.165) is 25.1 Å². The summed E-state index contributed by atoms with van der Waals surface area (Å²) < 4.78 is 162. The van der Waals surface area contributed by atoms with E-state index >= 15 is 0 Å². The normalized spacial score (nSPS) is 13.9. The molecule has 0 N–H and O–H groups in total. The summed E-state index contributed by atoms with van der Waals surface area (Å²) >= 11 is 0. The van der Waals surface area contributed by atoms with Crippen molar-refractivity contribution in [2.75, 3.05) is 0 Å². The molecule has 1 nitrogen and oxygen atoms in total. The van der Waals surface area contributed by atoms with Gasteiger partial charge in [-0.05, 0) is 89.5 Å². The van der Waals surface area contributed by atoms with E-state index < -0.39 is 69.8 Å². The van der Waals surface area contributed by atoms with Crippen LogP contribution in [0.15, 0.2) is 54.6 Å². The lowest BCUT2D eigenvalue weighted by Gasteiger charge is -2.21. The number of Topliss-reactive ketones (excluding diaryl/α,β-unsaturated/α-hetero) is 1. The second-order valence-electron chi connectivity index (χ2n) is 10.2. The number of alkyl halides is 12. The summed E-state index contributed by atoms with van der Waals surface area (Å²) in [4.78, 5) is 12.5. The molecule has 0 bridgehead atoms. The molecule has 0 saturated heterocycles. The molecule has 1 atom stereocenters. The van der Waals surface area contributed by atoms with Crippen LogP contribution in [0.3, 0.4) is 0 Å². The van der Waals surface area contributed by atoms with Crippen LogP contribution in [0, 0.1) is 5.92 Å². The molecule has 0 radical (unpaired) electrons. The summed E-state index contributed by atoms with van der Waals surface area (Å²) in [6.45, 7) is 4.59. The van der Waals surface area contributed by atoms with Crippen molar-refractivity contribution in [2.45, 2.75) is 57.8 Å². The predicted octanol–water partition coefficient (Wildman–Crippen LogP) is 10.8. The average molecular weight is 614 g/mol. The van der Waals surface area contributed by atoms with Gasteiger partial charge in [0, 0.05) is 5.92 Å². The third-order valence-corrected chi connectivity index (χ3v) is 6.40. The second-order valence-corrected chi connectivity index (χ2v) is 10.2. The van der Waals surface area contributed by atoms with Gasteiger partial charge >= 0.3 is 24.7 Å². The van der Waals surface area contributed by atoms with E-state index in [2.05, 4.69) is 0 Å². The van der Waals surface area contributed by atoms with Crippen LogP contribution in [-0.2, 0) is 29.5 Å². The Bertz CT molecular complexity index is 1300. The number of ketones is 1. The Morgan fingerprint density at radius 1 is 0.524 bits per heavy atom. The summed E-state index contributed by atoms with van der Waals surface area (Å²) in [5.74, 6) is -1.65. The van der Waals surface area contributed by atoms with Gasteiger partial charge in [0.2, 0.25) is 0 Å². The molecule has 0 aliphatic rings. The molecule has 13 heteroatoms. The van der Waals surface area contributed by atoms with Crippen LogP contribution in [0.25, 0.3) is 22.3 Å². The highest BCUT2D eigenvalue weighted by atomic mass is 19.4. The Labute approximate surface area is 232 Å². The minimum atomic E-state index is -5.22. The van der Waals surface area contributed by atoms with Crippen molar-refractivity contribution in [3.05, 3.63) is 82.4 Å². The molecule has 228 valence electrons. The molecule has 0 spiro atoms. The molecule has 0 saturated carbocycles. The lowest BCUT2D eigenvalue weighted by molar-refractivity contribution is -0.144. The van der Waals surface area contributed by atoms with Crippen molar-refractivity contribution in [1.29, 1.82) is 0 Å². The van der Waals surface area contributed by atoms with Crippen molar-refractivity contribution in [3.8, 4) is 22.3 Å². The minimum absolute atomic E-state index is 0.000593. The largest absolute Gasteiger partial charge is 0.416 e. The van der Waals surface area contributed by atoms with Crippen LogP contribution < -0.4 is 0 Å². The Balaban J connectivity index is 2.44. The fourth-order valence-corrected chi connectivity index (χ4v) is 4.44. The van der Waals surface area contributed by atoms with E-state index in [1.165, 1.54) is 0 Å². The fraction of sp³-hybridized carbons (Fsp3) is 0.345. The van der Waals surface area contributed by atoms with E-state index in [1.54, 1.807) is 13.8 Å². The van der Waals surface area contributed by atoms with Gasteiger partial charge in [-0.15, -0.1) is 0 Å². The molecule has 3 aromatic rings. The van der Waals surface area contributed by atoms with Gasteiger partial charge in [-0.25, -0.2) is 0 Å². The van der Waals surface area contributed by atoms with E-state index in [1.807, 2.05) is 0 Å². The van der Waals surface area contributed by atoms with E-state index in [0.29, 0.717) is 24.3 Å². The van der Waals surface area contributed by atoms with Crippen molar-refractivity contribution < 1.29 is 57.5 Å². The number of hydrogen-bond acceptors (Lipinski definition) is 1. The number of benzene rings is 3. The summed E-state index contributed by atoms with van der Waals surface area (Å²) in [6, 6.07) is 4.43. The first-order valence-electron chi connectivity index (χ1n) is 12.2. The number of hydrogen-bond donors (Lipinski definition) is 0. The van der Waals surface area contributed by atoms with Crippen LogP contribution in [-0.4, -0.2) is 5.78 Å². The van der Waals surface area contributed by atoms with Crippen molar-refractivity contribution in [1.82, 2.24) is 0 Å². The molecule has 0 aliphatic carbocycles. The third-order valence-electron chi connectivity index (χ3n) is 6.40. The van der Waals surface area contributed by atoms with Crippen LogP contribution in [0.1, 0.15) is 60.9 Å². The van der Waals surface area contributed by atoms with Crippen molar-refractivity contribution >= 4 is 5.78 Å². The maximum absolute atomic E-state index is 13.5. The van der Waals surface area contributed by atoms with Crippen LogP contribution >= 0.6 is 0 Å². The first-order chi connectivity index (χ1) is 19.0. The van der Waals surface area contributed by atoms with Crippen molar-refractivity contribution in [2.24, 2.45) is 5.92 Å². The average Bonchev–Trinajstić information content (AvgIpc) is 2.84. The van der Waals surface area contributed by atoms with Gasteiger partial charge in [-0.2, -0.15) is 52.7 Å². The van der Waals surface area contributed by atoms with Crippen molar-refractivity contribution in [3.63, 3.8) is 0 Å². The SMILES string of the molecule is CC(=O)C(CC(C)C)c1cc(-c2cc(C(F)(F)F)cc(C(F)(F)F)c2)cc(-c2cc(C(F)(F)F)cc(C(F)(F)F)c2)c1. The number of carbonyl (C=O) groups is 1. The molecule has 42 heavy (non-hydrogen) atoms. The molecule has 0 amide bonds. The lowest BCUT2D eigenvalue weighted by atomic mass is 9.83. The Morgan fingerprint density at radius 2 is 0.810 bits per heavy atom. The molecule has 0 fully saturated rings. The molecular formula is C29H22F12O. The standard InChI is InChI=1S/C29H22F12O/c1-14(2)4-25(15(3)42)20-6-16(18-8-21(26(30,31)32)12-22(9-18)27(33,34)35)5-17(7-20)19-10-23(28(36,37)38)13-24(11-19)29(39,40)41/h5-14,25H,4H2,1-3H3. The van der Waals surface area contributed by atoms with Crippen LogP contribution in [0.2, 0.25) is 0 Å². The maximum atomic E-state index is 13.5. The van der Waals surface area contributed by atoms with Gasteiger partial charge in [0.15, 0.2) is 0 Å². The molecular weight excluding hydrogens is 592 g/mol. The zero-order chi connectivity index (χ0) is 32.0. The smallest absolute Gasteiger partial charge is 0.299 e. The molecule has 3 rings (SSSR count). The lowest BCUT2D eigenvalue weighted by Crippen LogP contribution is -2.13. The molecule has 1 unspecified atom stereocenters. The molecule has 0 aliphatic heterocycles. The quantitative estimate of drug-likeness (QED) is 0.253. The number of carbonyl (C=O) groups excluding carboxylic acids is 1. The summed E-state index contributed by atoms with van der Waals surface area (Å²) in [6.07, 6.45) is -20.8. The number of halogens is 12. The second kappa shape index (κ2) is 11.3. The molecule has 0 aromatic heterocycles. The van der Waals surface area contributed by atoms with E-state index in [4.69, 9.17) is 0 Å². The van der Waals surface area contributed by atoms with Gasteiger partial charge in [0.1, 0.15) is 5.78 Å². The third kappa shape index (κ3) is 7.86. The van der Waals surface area contributed by atoms with Crippen LogP contribution in [0.5, 0.6) is 0 Å². The fourth-order valence-electron chi connectivity index (χ4n) is 4.44. The summed E-state index contributed by atoms with van der Waals surface area (Å²) in [5.41, 5.74) is -8.77. The zero-order valence-corrected chi connectivity index (χ0v) is 22.0. The summed E-state index contributed by atoms with van der Waals surface area (Å²) in [5, 5.41) is 0. The first-order valence-corrected chi connectivity index (χ1v) is 12.2. The van der Waals surface area contributed by atoms with E-state index in [-0.39, 0.29) is 41.2 Å². The predicted molar refractivity (Wildman–Crippen MR) is 130 cm³/mol. The van der Waals surface area contributed by atoms with Gasteiger partial charge < -0.3 is 0 Å². The summed E-state index contributed by atoms with van der Waals surface area (Å²) in [7, 11) is 0. The van der Waals surface area contributed by atoms with Gasteiger partial charge in [-0.1, -0.05) is 26.0 Å². The molecule has 0 heterocycles. The topological polar surface area (TPSA) is 17.1 Å². The van der Waals surface area contributed by atoms with Gasteiger partial charge in [-0.3, -0.25) is 4.79 Å². The Kier molecular flexibility index (Phi) is 8.87. The number of rotatable bonds is 6. The van der Waals surface area contributed by atoms with Crippen LogP contribution in [0.4, 0.5) is 52.7 Å². The monoisotopic (exact) mass is 614 g/mol. The van der Waals surface area contributed by atoms with Gasteiger partial charge in [0.05, 0.1) is 22.3 Å².